The highest BCUT2D eigenvalue weighted by molar-refractivity contribution is 4.93. The molecule has 1 heterocycles. The Balaban J connectivity index is 2.53. The molecular weight excluding hydrogens is 116 g/mol. The summed E-state index contributed by atoms with van der Waals surface area (Å²) in [5.41, 5.74) is 1.15. The predicted octanol–water partition coefficient (Wildman–Crippen LogP) is 0.614. The van der Waals surface area contributed by atoms with Crippen LogP contribution >= 0.6 is 0 Å². The van der Waals surface area contributed by atoms with E-state index >= 15 is 0 Å². The van der Waals surface area contributed by atoms with Crippen molar-refractivity contribution in [3.8, 4) is 0 Å². The number of hydrogen-bond acceptors (Lipinski definition) is 3. The molecule has 0 amide bonds. The van der Waals surface area contributed by atoms with E-state index in [2.05, 4.69) is 0 Å². The van der Waals surface area contributed by atoms with Gasteiger partial charge in [-0.15, -0.1) is 0 Å². The van der Waals surface area contributed by atoms with Gasteiger partial charge >= 0.3 is 0 Å². The van der Waals surface area contributed by atoms with Gasteiger partial charge in [0.05, 0.1) is 5.70 Å². The minimum absolute atomic E-state index is 0.652. The molecule has 0 atom stereocenters. The van der Waals surface area contributed by atoms with Crippen LogP contribution in [0, 0.1) is 0 Å². The van der Waals surface area contributed by atoms with E-state index in [-0.39, 0.29) is 0 Å². The summed E-state index contributed by atoms with van der Waals surface area (Å²) in [7, 11) is 3.98. The first-order valence-electron chi connectivity index (χ1n) is 2.95. The summed E-state index contributed by atoms with van der Waals surface area (Å²) in [5, 5.41) is 4.04. The quantitative estimate of drug-likeness (QED) is 0.514. The van der Waals surface area contributed by atoms with Gasteiger partial charge in [0.2, 0.25) is 0 Å². The van der Waals surface area contributed by atoms with Crippen LogP contribution in [0.4, 0.5) is 0 Å². The Labute approximate surface area is 55.5 Å². The Hall–Kier alpha value is -0.700. The number of hydrazine groups is 1. The molecule has 0 aromatic heterocycles. The predicted molar refractivity (Wildman–Crippen MR) is 35.2 cm³/mol. The fraction of sp³-hybridized carbons (Fsp3) is 0.667. The van der Waals surface area contributed by atoms with Gasteiger partial charge in [0.15, 0.2) is 6.73 Å². The van der Waals surface area contributed by atoms with Crippen LogP contribution in [0.15, 0.2) is 12.0 Å². The lowest BCUT2D eigenvalue weighted by atomic mass is 10.5. The lowest BCUT2D eigenvalue weighted by molar-refractivity contribution is 0.0122. The summed E-state index contributed by atoms with van der Waals surface area (Å²) in [4.78, 5) is 0. The highest BCUT2D eigenvalue weighted by atomic mass is 16.5. The van der Waals surface area contributed by atoms with E-state index in [9.17, 15) is 0 Å². The van der Waals surface area contributed by atoms with Crippen LogP contribution in [0.5, 0.6) is 0 Å². The molecule has 0 fully saturated rings. The van der Waals surface area contributed by atoms with Gasteiger partial charge in [-0.3, -0.25) is 5.01 Å². The summed E-state index contributed by atoms with van der Waals surface area (Å²) in [6.45, 7) is 2.67. The first-order valence-corrected chi connectivity index (χ1v) is 2.95. The van der Waals surface area contributed by atoms with Crippen LogP contribution in [-0.2, 0) is 4.74 Å². The van der Waals surface area contributed by atoms with Crippen molar-refractivity contribution in [3.05, 3.63) is 12.0 Å². The van der Waals surface area contributed by atoms with Gasteiger partial charge in [0, 0.05) is 14.1 Å². The van der Waals surface area contributed by atoms with Crippen molar-refractivity contribution < 1.29 is 4.74 Å². The summed E-state index contributed by atoms with van der Waals surface area (Å²) in [6, 6.07) is 0. The maximum absolute atomic E-state index is 5.05. The average molecular weight is 128 g/mol. The summed E-state index contributed by atoms with van der Waals surface area (Å²) in [5.74, 6) is 0. The first-order chi connectivity index (χ1) is 4.22. The molecule has 1 aliphatic heterocycles. The topological polar surface area (TPSA) is 15.7 Å². The second-order valence-electron chi connectivity index (χ2n) is 2.30. The van der Waals surface area contributed by atoms with E-state index < -0.39 is 0 Å². The van der Waals surface area contributed by atoms with Gasteiger partial charge in [-0.05, 0) is 6.92 Å². The molecule has 3 nitrogen and oxygen atoms in total. The minimum Gasteiger partial charge on any atom is -0.478 e. The molecule has 0 N–H and O–H groups in total. The monoisotopic (exact) mass is 128 g/mol. The third-order valence-corrected chi connectivity index (χ3v) is 1.34. The fourth-order valence-corrected chi connectivity index (χ4v) is 0.822. The second kappa shape index (κ2) is 2.27. The van der Waals surface area contributed by atoms with Crippen LogP contribution < -0.4 is 0 Å². The molecule has 9 heavy (non-hydrogen) atoms. The second-order valence-corrected chi connectivity index (χ2v) is 2.30. The van der Waals surface area contributed by atoms with E-state index in [0.717, 1.165) is 5.70 Å². The molecule has 1 aliphatic rings. The van der Waals surface area contributed by atoms with E-state index in [0.29, 0.717) is 6.73 Å². The standard InChI is InChI=1S/C6H12N2O/c1-6-4-9-5-8(6)7(2)3/h4H,5H2,1-3H3. The Morgan fingerprint density at radius 2 is 2.33 bits per heavy atom. The first kappa shape index (κ1) is 6.42. The van der Waals surface area contributed by atoms with Crippen molar-refractivity contribution >= 4 is 0 Å². The number of ether oxygens (including phenoxy) is 1. The zero-order valence-electron chi connectivity index (χ0n) is 6.09. The highest BCUT2D eigenvalue weighted by Crippen LogP contribution is 2.11. The molecule has 0 saturated heterocycles. The third-order valence-electron chi connectivity index (χ3n) is 1.34. The van der Waals surface area contributed by atoms with Crippen molar-refractivity contribution in [1.82, 2.24) is 10.0 Å². The lowest BCUT2D eigenvalue weighted by Crippen LogP contribution is -2.33. The van der Waals surface area contributed by atoms with Crippen molar-refractivity contribution in [1.29, 1.82) is 0 Å². The number of rotatable bonds is 1. The van der Waals surface area contributed by atoms with Gasteiger partial charge in [-0.2, -0.15) is 0 Å². The molecule has 0 spiro atoms. The maximum Gasteiger partial charge on any atom is 0.174 e. The average Bonchev–Trinajstić information content (AvgIpc) is 2.13. The van der Waals surface area contributed by atoms with Crippen LogP contribution in [0.25, 0.3) is 0 Å². The Kier molecular flexibility index (Phi) is 1.62. The van der Waals surface area contributed by atoms with Crippen molar-refractivity contribution in [2.75, 3.05) is 20.8 Å². The molecule has 52 valence electrons. The van der Waals surface area contributed by atoms with Crippen LogP contribution in [0.3, 0.4) is 0 Å². The fourth-order valence-electron chi connectivity index (χ4n) is 0.822. The van der Waals surface area contributed by atoms with E-state index in [1.165, 1.54) is 0 Å². The molecule has 0 saturated carbocycles. The van der Waals surface area contributed by atoms with Gasteiger partial charge in [0.25, 0.3) is 0 Å². The number of allylic oxidation sites excluding steroid dienone is 1. The summed E-state index contributed by atoms with van der Waals surface area (Å²) < 4.78 is 5.05. The highest BCUT2D eigenvalue weighted by Gasteiger charge is 2.12. The van der Waals surface area contributed by atoms with Crippen LogP contribution in [0.1, 0.15) is 6.92 Å². The molecular formula is C6H12N2O. The van der Waals surface area contributed by atoms with Crippen LogP contribution in [0.2, 0.25) is 0 Å². The Bertz CT molecular complexity index is 131. The van der Waals surface area contributed by atoms with Gasteiger partial charge in [0.1, 0.15) is 6.26 Å². The maximum atomic E-state index is 5.05. The molecule has 3 heteroatoms. The largest absolute Gasteiger partial charge is 0.478 e. The smallest absolute Gasteiger partial charge is 0.174 e. The molecule has 0 radical (unpaired) electrons. The molecule has 1 rings (SSSR count). The molecule has 0 aliphatic carbocycles. The van der Waals surface area contributed by atoms with Crippen molar-refractivity contribution in [3.63, 3.8) is 0 Å². The van der Waals surface area contributed by atoms with Crippen molar-refractivity contribution in [2.24, 2.45) is 0 Å². The Morgan fingerprint density at radius 1 is 1.67 bits per heavy atom. The number of nitrogens with zero attached hydrogens (tertiary/aromatic N) is 2. The summed E-state index contributed by atoms with van der Waals surface area (Å²) in [6.07, 6.45) is 1.76. The van der Waals surface area contributed by atoms with E-state index in [1.807, 2.05) is 31.0 Å². The SMILES string of the molecule is CC1=COCN1N(C)C. The third kappa shape index (κ3) is 1.16. The molecule has 0 aromatic carbocycles. The molecule has 0 unspecified atom stereocenters. The normalized spacial score (nSPS) is 18.2. The lowest BCUT2D eigenvalue weighted by Gasteiger charge is -2.24. The molecule has 0 bridgehead atoms. The molecule has 0 aromatic rings. The van der Waals surface area contributed by atoms with E-state index in [4.69, 9.17) is 4.74 Å². The zero-order chi connectivity index (χ0) is 6.85. The van der Waals surface area contributed by atoms with Gasteiger partial charge in [-0.25, -0.2) is 5.01 Å². The van der Waals surface area contributed by atoms with E-state index in [1.54, 1.807) is 6.26 Å². The van der Waals surface area contributed by atoms with Gasteiger partial charge < -0.3 is 4.74 Å². The van der Waals surface area contributed by atoms with Crippen LogP contribution in [-0.4, -0.2) is 30.8 Å². The van der Waals surface area contributed by atoms with Gasteiger partial charge in [-0.1, -0.05) is 0 Å². The minimum atomic E-state index is 0.652. The number of hydrogen-bond donors (Lipinski definition) is 0. The van der Waals surface area contributed by atoms with Crippen molar-refractivity contribution in [2.45, 2.75) is 6.92 Å². The Morgan fingerprint density at radius 3 is 2.56 bits per heavy atom. The zero-order valence-corrected chi connectivity index (χ0v) is 6.09. The summed E-state index contributed by atoms with van der Waals surface area (Å²) >= 11 is 0.